The van der Waals surface area contributed by atoms with Crippen LogP contribution in [0.25, 0.3) is 20.2 Å². The van der Waals surface area contributed by atoms with Gasteiger partial charge in [0.2, 0.25) is 0 Å². The first-order valence-corrected chi connectivity index (χ1v) is 6.47. The monoisotopic (exact) mass is 262 g/mol. The number of thiazole rings is 2. The first-order chi connectivity index (χ1) is 8.24. The molecule has 2 aromatic heterocycles. The summed E-state index contributed by atoms with van der Waals surface area (Å²) in [4.78, 5) is 19.5. The van der Waals surface area contributed by atoms with Gasteiger partial charge in [0.05, 0.1) is 15.8 Å². The van der Waals surface area contributed by atoms with Gasteiger partial charge in [0, 0.05) is 11.6 Å². The highest BCUT2D eigenvalue weighted by Gasteiger charge is 2.10. The van der Waals surface area contributed by atoms with Crippen molar-refractivity contribution in [3.63, 3.8) is 0 Å². The lowest BCUT2D eigenvalue weighted by Crippen LogP contribution is -1.94. The Bertz CT molecular complexity index is 689. The molecule has 0 amide bonds. The normalized spacial score (nSPS) is 10.8. The minimum absolute atomic E-state index is 0.284. The fraction of sp³-hybridized carbons (Fsp3) is 0. The Kier molecular flexibility index (Phi) is 2.38. The fourth-order valence-electron chi connectivity index (χ4n) is 1.48. The molecule has 0 aliphatic rings. The molecule has 6 heteroatoms. The largest absolute Gasteiger partial charge is 0.478 e. The number of hydrogen-bond donors (Lipinski definition) is 1. The van der Waals surface area contributed by atoms with Gasteiger partial charge in [0.25, 0.3) is 0 Å². The standard InChI is InChI=1S/C11H6N2O2S2/c14-11(15)6-1-2-7-8(5-6)17-10(13-7)9-12-3-4-16-9/h1-5H,(H,14,15). The highest BCUT2D eigenvalue weighted by atomic mass is 32.1. The van der Waals surface area contributed by atoms with Crippen molar-refractivity contribution in [1.82, 2.24) is 9.97 Å². The summed E-state index contributed by atoms with van der Waals surface area (Å²) in [6.45, 7) is 0. The van der Waals surface area contributed by atoms with Gasteiger partial charge in [-0.25, -0.2) is 14.8 Å². The molecule has 1 aromatic carbocycles. The molecule has 4 nitrogen and oxygen atoms in total. The summed E-state index contributed by atoms with van der Waals surface area (Å²) >= 11 is 2.98. The minimum Gasteiger partial charge on any atom is -0.478 e. The van der Waals surface area contributed by atoms with E-state index < -0.39 is 5.97 Å². The lowest BCUT2D eigenvalue weighted by molar-refractivity contribution is 0.0697. The van der Waals surface area contributed by atoms with Gasteiger partial charge >= 0.3 is 5.97 Å². The van der Waals surface area contributed by atoms with E-state index in [1.54, 1.807) is 24.4 Å². The van der Waals surface area contributed by atoms with Gasteiger partial charge in [0.15, 0.2) is 10.0 Å². The molecule has 1 N–H and O–H groups in total. The second-order valence-electron chi connectivity index (χ2n) is 3.34. The smallest absolute Gasteiger partial charge is 0.335 e. The zero-order chi connectivity index (χ0) is 11.8. The van der Waals surface area contributed by atoms with Crippen molar-refractivity contribution < 1.29 is 9.90 Å². The van der Waals surface area contributed by atoms with Crippen LogP contribution in [0.15, 0.2) is 29.8 Å². The van der Waals surface area contributed by atoms with Gasteiger partial charge in [-0.05, 0) is 18.2 Å². The van der Waals surface area contributed by atoms with Crippen molar-refractivity contribution >= 4 is 38.9 Å². The zero-order valence-corrected chi connectivity index (χ0v) is 10.1. The Balaban J connectivity index is 2.16. The lowest BCUT2D eigenvalue weighted by atomic mass is 10.2. The van der Waals surface area contributed by atoms with Gasteiger partial charge in [-0.3, -0.25) is 0 Å². The van der Waals surface area contributed by atoms with Crippen LogP contribution in [0.3, 0.4) is 0 Å². The maximum atomic E-state index is 10.9. The lowest BCUT2D eigenvalue weighted by Gasteiger charge is -1.91. The molecule has 3 aromatic rings. The van der Waals surface area contributed by atoms with Crippen LogP contribution in [0.4, 0.5) is 0 Å². The molecule has 0 bridgehead atoms. The number of aromatic nitrogens is 2. The third-order valence-corrected chi connectivity index (χ3v) is 4.18. The molecule has 0 aliphatic heterocycles. The van der Waals surface area contributed by atoms with Crippen molar-refractivity contribution in [1.29, 1.82) is 0 Å². The van der Waals surface area contributed by atoms with Crippen LogP contribution in [0.1, 0.15) is 10.4 Å². The number of rotatable bonds is 2. The third kappa shape index (κ3) is 1.81. The molecule has 0 fully saturated rings. The van der Waals surface area contributed by atoms with Crippen LogP contribution in [0.2, 0.25) is 0 Å². The predicted octanol–water partition coefficient (Wildman–Crippen LogP) is 3.12. The van der Waals surface area contributed by atoms with Gasteiger partial charge in [-0.15, -0.1) is 22.7 Å². The number of carboxylic acids is 1. The number of carbonyl (C=O) groups is 1. The highest BCUT2D eigenvalue weighted by molar-refractivity contribution is 7.24. The number of hydrogen-bond acceptors (Lipinski definition) is 5. The average molecular weight is 262 g/mol. The summed E-state index contributed by atoms with van der Waals surface area (Å²) in [6.07, 6.45) is 1.73. The Morgan fingerprint density at radius 1 is 1.29 bits per heavy atom. The Morgan fingerprint density at radius 2 is 2.18 bits per heavy atom. The number of aromatic carboxylic acids is 1. The maximum absolute atomic E-state index is 10.9. The predicted molar refractivity (Wildman–Crippen MR) is 67.7 cm³/mol. The molecule has 0 aliphatic carbocycles. The molecule has 0 unspecified atom stereocenters. The van der Waals surface area contributed by atoms with Crippen LogP contribution in [-0.2, 0) is 0 Å². The Labute approximate surface area is 104 Å². The quantitative estimate of drug-likeness (QED) is 0.770. The van der Waals surface area contributed by atoms with E-state index in [9.17, 15) is 4.79 Å². The van der Waals surface area contributed by atoms with E-state index in [0.29, 0.717) is 0 Å². The summed E-state index contributed by atoms with van der Waals surface area (Å²) < 4.78 is 0.870. The molecule has 3 rings (SSSR count). The molecule has 0 saturated carbocycles. The van der Waals surface area contributed by atoms with Crippen LogP contribution in [-0.4, -0.2) is 21.0 Å². The van der Waals surface area contributed by atoms with E-state index in [2.05, 4.69) is 9.97 Å². The summed E-state index contributed by atoms with van der Waals surface area (Å²) in [5.74, 6) is -0.920. The molecule has 0 saturated heterocycles. The van der Waals surface area contributed by atoms with Gasteiger partial charge in [-0.2, -0.15) is 0 Å². The molecule has 0 atom stereocenters. The van der Waals surface area contributed by atoms with Crippen molar-refractivity contribution in [2.45, 2.75) is 0 Å². The van der Waals surface area contributed by atoms with E-state index in [4.69, 9.17) is 5.11 Å². The van der Waals surface area contributed by atoms with Crippen LogP contribution in [0.5, 0.6) is 0 Å². The number of benzene rings is 1. The first kappa shape index (κ1) is 10.4. The van der Waals surface area contributed by atoms with Crippen molar-refractivity contribution in [3.8, 4) is 10.0 Å². The topological polar surface area (TPSA) is 63.1 Å². The van der Waals surface area contributed by atoms with E-state index in [-0.39, 0.29) is 5.56 Å². The second-order valence-corrected chi connectivity index (χ2v) is 5.27. The van der Waals surface area contributed by atoms with Crippen molar-refractivity contribution in [2.75, 3.05) is 0 Å². The van der Waals surface area contributed by atoms with Crippen LogP contribution in [0, 0.1) is 0 Å². The molecule has 2 heterocycles. The number of carboxylic acid groups (broad SMARTS) is 1. The van der Waals surface area contributed by atoms with Crippen LogP contribution < -0.4 is 0 Å². The second kappa shape index (κ2) is 3.90. The average Bonchev–Trinajstić information content (AvgIpc) is 2.96. The van der Waals surface area contributed by atoms with Crippen molar-refractivity contribution in [3.05, 3.63) is 35.3 Å². The summed E-state index contributed by atoms with van der Waals surface area (Å²) in [5.41, 5.74) is 1.09. The molecule has 0 radical (unpaired) electrons. The Morgan fingerprint density at radius 3 is 2.88 bits per heavy atom. The van der Waals surface area contributed by atoms with E-state index in [0.717, 1.165) is 20.2 Å². The molecule has 84 valence electrons. The Hall–Kier alpha value is -1.79. The zero-order valence-electron chi connectivity index (χ0n) is 8.45. The minimum atomic E-state index is -0.920. The molecular formula is C11H6N2O2S2. The first-order valence-electron chi connectivity index (χ1n) is 4.78. The fourth-order valence-corrected chi connectivity index (χ4v) is 3.16. The van der Waals surface area contributed by atoms with E-state index in [1.807, 2.05) is 5.38 Å². The number of nitrogens with zero attached hydrogens (tertiary/aromatic N) is 2. The molecule has 17 heavy (non-hydrogen) atoms. The van der Waals surface area contributed by atoms with Crippen molar-refractivity contribution in [2.24, 2.45) is 0 Å². The summed E-state index contributed by atoms with van der Waals surface area (Å²) in [6, 6.07) is 4.94. The van der Waals surface area contributed by atoms with Crippen LogP contribution >= 0.6 is 22.7 Å². The summed E-state index contributed by atoms with van der Waals surface area (Å²) in [7, 11) is 0. The maximum Gasteiger partial charge on any atom is 0.335 e. The van der Waals surface area contributed by atoms with E-state index >= 15 is 0 Å². The van der Waals surface area contributed by atoms with E-state index in [1.165, 1.54) is 22.7 Å². The highest BCUT2D eigenvalue weighted by Crippen LogP contribution is 2.31. The SMILES string of the molecule is O=C(O)c1ccc2nc(-c3nccs3)sc2c1. The molecular weight excluding hydrogens is 256 g/mol. The van der Waals surface area contributed by atoms with Gasteiger partial charge in [0.1, 0.15) is 0 Å². The number of fused-ring (bicyclic) bond motifs is 1. The third-order valence-electron chi connectivity index (χ3n) is 2.25. The summed E-state index contributed by atoms with van der Waals surface area (Å²) in [5, 5.41) is 12.5. The van der Waals surface area contributed by atoms with Gasteiger partial charge < -0.3 is 5.11 Å². The van der Waals surface area contributed by atoms with Gasteiger partial charge in [-0.1, -0.05) is 0 Å². The molecule has 0 spiro atoms.